The van der Waals surface area contributed by atoms with Crippen molar-refractivity contribution in [2.45, 2.75) is 18.7 Å². The van der Waals surface area contributed by atoms with Gasteiger partial charge in [0.1, 0.15) is 0 Å². The topological polar surface area (TPSA) is 75.3 Å². The van der Waals surface area contributed by atoms with Crippen molar-refractivity contribution in [3.8, 4) is 0 Å². The highest BCUT2D eigenvalue weighted by molar-refractivity contribution is 7.92. The van der Waals surface area contributed by atoms with Gasteiger partial charge in [0.05, 0.1) is 4.90 Å². The Bertz CT molecular complexity index is 1060. The van der Waals surface area contributed by atoms with Crippen LogP contribution in [0.3, 0.4) is 0 Å². The smallest absolute Gasteiger partial charge is 0.261 e. The van der Waals surface area contributed by atoms with Crippen molar-refractivity contribution >= 4 is 27.3 Å². The number of sulfonamides is 1. The fourth-order valence-electron chi connectivity index (χ4n) is 2.55. The molecule has 2 N–H and O–H groups in total. The van der Waals surface area contributed by atoms with E-state index in [4.69, 9.17) is 0 Å². The van der Waals surface area contributed by atoms with E-state index >= 15 is 0 Å². The molecule has 3 aromatic carbocycles. The summed E-state index contributed by atoms with van der Waals surface area (Å²) >= 11 is 0. The van der Waals surface area contributed by atoms with E-state index < -0.39 is 10.0 Å². The molecule has 0 atom stereocenters. The molecule has 0 bridgehead atoms. The molecular formula is C21H20N2O3S. The highest BCUT2D eigenvalue weighted by Gasteiger charge is 2.14. The van der Waals surface area contributed by atoms with E-state index in [1.54, 1.807) is 48.5 Å². The van der Waals surface area contributed by atoms with Crippen LogP contribution >= 0.6 is 0 Å². The van der Waals surface area contributed by atoms with E-state index in [0.717, 1.165) is 11.1 Å². The second-order valence-corrected chi connectivity index (χ2v) is 8.00. The number of aryl methyl sites for hydroxylation is 2. The Balaban J connectivity index is 1.71. The van der Waals surface area contributed by atoms with Gasteiger partial charge < -0.3 is 5.32 Å². The first-order valence-electron chi connectivity index (χ1n) is 8.41. The Hall–Kier alpha value is -3.12. The molecule has 0 unspecified atom stereocenters. The second-order valence-electron chi connectivity index (χ2n) is 6.32. The fraction of sp³-hybridized carbons (Fsp3) is 0.0952. The molecule has 1 amide bonds. The minimum Gasteiger partial charge on any atom is -0.322 e. The monoisotopic (exact) mass is 380 g/mol. The Morgan fingerprint density at radius 1 is 0.778 bits per heavy atom. The zero-order chi connectivity index (χ0) is 19.4. The second kappa shape index (κ2) is 7.63. The number of benzene rings is 3. The Morgan fingerprint density at radius 3 is 2.07 bits per heavy atom. The van der Waals surface area contributed by atoms with Gasteiger partial charge in [-0.15, -0.1) is 0 Å². The van der Waals surface area contributed by atoms with Gasteiger partial charge in [0, 0.05) is 16.9 Å². The van der Waals surface area contributed by atoms with Crippen molar-refractivity contribution in [3.63, 3.8) is 0 Å². The number of hydrogen-bond acceptors (Lipinski definition) is 3. The van der Waals surface area contributed by atoms with Crippen molar-refractivity contribution in [1.29, 1.82) is 0 Å². The van der Waals surface area contributed by atoms with Crippen LogP contribution in [0.1, 0.15) is 21.5 Å². The molecule has 0 radical (unpaired) electrons. The highest BCUT2D eigenvalue weighted by Crippen LogP contribution is 2.18. The van der Waals surface area contributed by atoms with Gasteiger partial charge in [0.2, 0.25) is 0 Å². The molecule has 0 aliphatic heterocycles. The van der Waals surface area contributed by atoms with Crippen molar-refractivity contribution in [2.24, 2.45) is 0 Å². The maximum absolute atomic E-state index is 12.4. The summed E-state index contributed by atoms with van der Waals surface area (Å²) in [7, 11) is -3.67. The van der Waals surface area contributed by atoms with Crippen LogP contribution in [-0.2, 0) is 10.0 Å². The van der Waals surface area contributed by atoms with Crippen LogP contribution in [0.5, 0.6) is 0 Å². The van der Waals surface area contributed by atoms with Gasteiger partial charge in [-0.1, -0.05) is 29.8 Å². The highest BCUT2D eigenvalue weighted by atomic mass is 32.2. The van der Waals surface area contributed by atoms with Crippen LogP contribution in [0.25, 0.3) is 0 Å². The average molecular weight is 380 g/mol. The molecule has 0 spiro atoms. The third-order valence-electron chi connectivity index (χ3n) is 4.01. The molecule has 0 aromatic heterocycles. The maximum atomic E-state index is 12.4. The Kier molecular flexibility index (Phi) is 5.28. The summed E-state index contributed by atoms with van der Waals surface area (Å²) in [5.74, 6) is -0.256. The third kappa shape index (κ3) is 4.74. The summed E-state index contributed by atoms with van der Waals surface area (Å²) in [6.07, 6.45) is 0. The molecule has 0 aliphatic carbocycles. The molecule has 0 heterocycles. The largest absolute Gasteiger partial charge is 0.322 e. The van der Waals surface area contributed by atoms with E-state index in [-0.39, 0.29) is 10.8 Å². The molecule has 0 fully saturated rings. The first-order valence-corrected chi connectivity index (χ1v) is 9.89. The molecular weight excluding hydrogens is 360 g/mol. The summed E-state index contributed by atoms with van der Waals surface area (Å²) in [4.78, 5) is 12.5. The predicted molar refractivity (Wildman–Crippen MR) is 108 cm³/mol. The molecule has 5 nitrogen and oxygen atoms in total. The van der Waals surface area contributed by atoms with Crippen molar-refractivity contribution < 1.29 is 13.2 Å². The van der Waals surface area contributed by atoms with Crippen molar-refractivity contribution in [1.82, 2.24) is 0 Å². The van der Waals surface area contributed by atoms with Crippen LogP contribution in [0.2, 0.25) is 0 Å². The quantitative estimate of drug-likeness (QED) is 0.691. The summed E-state index contributed by atoms with van der Waals surface area (Å²) in [6, 6.07) is 20.4. The number of hydrogen-bond donors (Lipinski definition) is 2. The van der Waals surface area contributed by atoms with Crippen LogP contribution in [-0.4, -0.2) is 14.3 Å². The third-order valence-corrected chi connectivity index (χ3v) is 5.40. The minimum atomic E-state index is -3.67. The standard InChI is InChI=1S/C21H20N2O3S/c1-15-6-12-20(13-7-15)27(25,26)23-18-10-8-17(9-11-18)21(24)22-19-5-3-4-16(2)14-19/h3-14,23H,1-2H3,(H,22,24). The summed E-state index contributed by atoms with van der Waals surface area (Å²) in [6.45, 7) is 3.84. The van der Waals surface area contributed by atoms with Gasteiger partial charge in [0.15, 0.2) is 0 Å². The van der Waals surface area contributed by atoms with Crippen LogP contribution in [0.4, 0.5) is 11.4 Å². The van der Waals surface area contributed by atoms with Gasteiger partial charge in [-0.2, -0.15) is 0 Å². The van der Waals surface area contributed by atoms with Crippen LogP contribution in [0.15, 0.2) is 77.7 Å². The van der Waals surface area contributed by atoms with E-state index in [1.807, 2.05) is 38.1 Å². The van der Waals surface area contributed by atoms with E-state index in [2.05, 4.69) is 10.0 Å². The molecule has 0 saturated carbocycles. The maximum Gasteiger partial charge on any atom is 0.261 e. The van der Waals surface area contributed by atoms with Gasteiger partial charge in [0.25, 0.3) is 15.9 Å². The summed E-state index contributed by atoms with van der Waals surface area (Å²) in [5.41, 5.74) is 3.58. The number of anilines is 2. The SMILES string of the molecule is Cc1ccc(S(=O)(=O)Nc2ccc(C(=O)Nc3cccc(C)c3)cc2)cc1. The lowest BCUT2D eigenvalue weighted by Crippen LogP contribution is -2.14. The fourth-order valence-corrected chi connectivity index (χ4v) is 3.61. The molecule has 138 valence electrons. The number of carbonyl (C=O) groups is 1. The van der Waals surface area contributed by atoms with E-state index in [9.17, 15) is 13.2 Å². The number of carbonyl (C=O) groups excluding carboxylic acids is 1. The normalized spacial score (nSPS) is 11.0. The van der Waals surface area contributed by atoms with Crippen molar-refractivity contribution in [2.75, 3.05) is 10.0 Å². The van der Waals surface area contributed by atoms with E-state index in [1.165, 1.54) is 0 Å². The molecule has 0 saturated heterocycles. The van der Waals surface area contributed by atoms with Crippen LogP contribution < -0.4 is 10.0 Å². The number of rotatable bonds is 5. The minimum absolute atomic E-state index is 0.189. The Morgan fingerprint density at radius 2 is 1.44 bits per heavy atom. The lowest BCUT2D eigenvalue weighted by atomic mass is 10.2. The zero-order valence-corrected chi connectivity index (χ0v) is 15.9. The average Bonchev–Trinajstić information content (AvgIpc) is 2.62. The zero-order valence-electron chi connectivity index (χ0n) is 15.1. The van der Waals surface area contributed by atoms with Gasteiger partial charge in [-0.25, -0.2) is 8.42 Å². The predicted octanol–water partition coefficient (Wildman–Crippen LogP) is 4.36. The van der Waals surface area contributed by atoms with Gasteiger partial charge in [-0.05, 0) is 67.9 Å². The lowest BCUT2D eigenvalue weighted by Gasteiger charge is -2.10. The molecule has 3 rings (SSSR count). The van der Waals surface area contributed by atoms with Crippen molar-refractivity contribution in [3.05, 3.63) is 89.5 Å². The summed E-state index contributed by atoms with van der Waals surface area (Å²) < 4.78 is 27.3. The molecule has 0 aliphatic rings. The van der Waals surface area contributed by atoms with Gasteiger partial charge in [-0.3, -0.25) is 9.52 Å². The van der Waals surface area contributed by atoms with E-state index in [0.29, 0.717) is 16.9 Å². The summed E-state index contributed by atoms with van der Waals surface area (Å²) in [5, 5.41) is 2.82. The molecule has 3 aromatic rings. The van der Waals surface area contributed by atoms with Crippen LogP contribution in [0, 0.1) is 13.8 Å². The molecule has 27 heavy (non-hydrogen) atoms. The first-order chi connectivity index (χ1) is 12.8. The van der Waals surface area contributed by atoms with Gasteiger partial charge >= 0.3 is 0 Å². The first kappa shape index (κ1) is 18.7. The Labute approximate surface area is 159 Å². The lowest BCUT2D eigenvalue weighted by molar-refractivity contribution is 0.102. The number of amides is 1. The molecule has 6 heteroatoms. The number of nitrogens with one attached hydrogen (secondary N) is 2.